The zero-order valence-electron chi connectivity index (χ0n) is 14.7. The van der Waals surface area contributed by atoms with Gasteiger partial charge in [-0.3, -0.25) is 4.79 Å². The minimum absolute atomic E-state index is 0. The second-order valence-corrected chi connectivity index (χ2v) is 6.38. The van der Waals surface area contributed by atoms with Crippen molar-refractivity contribution in [1.29, 1.82) is 0 Å². The number of rotatable bonds is 5. The summed E-state index contributed by atoms with van der Waals surface area (Å²) in [5.41, 5.74) is 0. The molecular formula is C17H29IN4O2. The van der Waals surface area contributed by atoms with E-state index >= 15 is 0 Å². The van der Waals surface area contributed by atoms with E-state index in [2.05, 4.69) is 34.4 Å². The van der Waals surface area contributed by atoms with Gasteiger partial charge >= 0.3 is 0 Å². The predicted molar refractivity (Wildman–Crippen MR) is 106 cm³/mol. The number of halogens is 1. The smallest absolute Gasteiger partial charge is 0.242 e. The van der Waals surface area contributed by atoms with Crippen molar-refractivity contribution < 1.29 is 9.21 Å². The van der Waals surface area contributed by atoms with Gasteiger partial charge in [-0.15, -0.1) is 24.0 Å². The Balaban J connectivity index is 0.00000288. The third kappa shape index (κ3) is 6.70. The number of hydrogen-bond donors (Lipinski definition) is 2. The van der Waals surface area contributed by atoms with Crippen molar-refractivity contribution in [2.45, 2.75) is 33.7 Å². The van der Waals surface area contributed by atoms with Crippen molar-refractivity contribution in [3.63, 3.8) is 0 Å². The van der Waals surface area contributed by atoms with Crippen molar-refractivity contribution >= 4 is 35.8 Å². The van der Waals surface area contributed by atoms with Gasteiger partial charge in [-0.2, -0.15) is 0 Å². The van der Waals surface area contributed by atoms with E-state index in [9.17, 15) is 4.79 Å². The zero-order valence-corrected chi connectivity index (χ0v) is 17.1. The Labute approximate surface area is 161 Å². The molecule has 2 rings (SSSR count). The molecule has 2 atom stereocenters. The van der Waals surface area contributed by atoms with E-state index in [1.54, 1.807) is 6.26 Å². The number of likely N-dealkylation sites (tertiary alicyclic amines) is 1. The van der Waals surface area contributed by atoms with Gasteiger partial charge in [0.05, 0.1) is 12.8 Å². The first-order chi connectivity index (χ1) is 11.1. The summed E-state index contributed by atoms with van der Waals surface area (Å²) < 4.78 is 5.20. The average molecular weight is 448 g/mol. The van der Waals surface area contributed by atoms with Crippen molar-refractivity contribution in [1.82, 2.24) is 15.5 Å². The molecule has 1 aliphatic rings. The van der Waals surface area contributed by atoms with Gasteiger partial charge in [0.15, 0.2) is 5.96 Å². The van der Waals surface area contributed by atoms with Crippen LogP contribution in [0.5, 0.6) is 0 Å². The highest BCUT2D eigenvalue weighted by Gasteiger charge is 2.24. The molecule has 7 heteroatoms. The number of piperidine rings is 1. The molecule has 1 aromatic rings. The van der Waals surface area contributed by atoms with E-state index in [4.69, 9.17) is 4.42 Å². The number of hydrogen-bond acceptors (Lipinski definition) is 3. The molecule has 136 valence electrons. The summed E-state index contributed by atoms with van der Waals surface area (Å²) in [5, 5.41) is 6.11. The van der Waals surface area contributed by atoms with Gasteiger partial charge in [0.1, 0.15) is 12.3 Å². The molecule has 1 aliphatic heterocycles. The maximum Gasteiger partial charge on any atom is 0.242 e. The standard InChI is InChI=1S/C17H28N4O2.HI/c1-4-18-17(21-11-13(2)8-14(3)12-21)20-10-16(22)19-9-15-6-5-7-23-15;/h5-7,13-14H,4,8-12H2,1-3H3,(H,18,20)(H,19,22);1H. The van der Waals surface area contributed by atoms with Crippen molar-refractivity contribution in [2.75, 3.05) is 26.2 Å². The quantitative estimate of drug-likeness (QED) is 0.413. The molecule has 1 saturated heterocycles. The molecule has 1 amide bonds. The lowest BCUT2D eigenvalue weighted by molar-refractivity contribution is -0.119. The van der Waals surface area contributed by atoms with Crippen LogP contribution < -0.4 is 10.6 Å². The molecule has 1 aromatic heterocycles. The van der Waals surface area contributed by atoms with Gasteiger partial charge in [0, 0.05) is 19.6 Å². The number of nitrogens with zero attached hydrogens (tertiary/aromatic N) is 2. The lowest BCUT2D eigenvalue weighted by Gasteiger charge is -2.37. The van der Waals surface area contributed by atoms with Gasteiger partial charge in [0.25, 0.3) is 0 Å². The largest absolute Gasteiger partial charge is 0.467 e. The molecule has 1 fully saturated rings. The maximum atomic E-state index is 12.0. The summed E-state index contributed by atoms with van der Waals surface area (Å²) in [7, 11) is 0. The molecule has 0 aliphatic carbocycles. The van der Waals surface area contributed by atoms with Crippen molar-refractivity contribution in [2.24, 2.45) is 16.8 Å². The van der Waals surface area contributed by atoms with Crippen LogP contribution in [0.15, 0.2) is 27.8 Å². The second kappa shape index (κ2) is 10.6. The van der Waals surface area contributed by atoms with Crippen molar-refractivity contribution in [3.8, 4) is 0 Å². The van der Waals surface area contributed by atoms with E-state index in [0.29, 0.717) is 18.4 Å². The fourth-order valence-corrected chi connectivity index (χ4v) is 3.06. The van der Waals surface area contributed by atoms with Crippen LogP contribution >= 0.6 is 24.0 Å². The monoisotopic (exact) mass is 448 g/mol. The summed E-state index contributed by atoms with van der Waals surface area (Å²) in [4.78, 5) is 18.7. The maximum absolute atomic E-state index is 12.0. The molecule has 0 radical (unpaired) electrons. The van der Waals surface area contributed by atoms with Gasteiger partial charge in [-0.05, 0) is 37.3 Å². The molecule has 6 nitrogen and oxygen atoms in total. The first-order valence-corrected chi connectivity index (χ1v) is 8.40. The van der Waals surface area contributed by atoms with Crippen LogP contribution in [0, 0.1) is 11.8 Å². The van der Waals surface area contributed by atoms with Crippen LogP contribution in [0.25, 0.3) is 0 Å². The SMILES string of the molecule is CCNC(=NCC(=O)NCc1ccco1)N1CC(C)CC(C)C1.I. The Hall–Kier alpha value is -1.25. The van der Waals surface area contributed by atoms with Crippen LogP contribution in [0.4, 0.5) is 0 Å². The fraction of sp³-hybridized carbons (Fsp3) is 0.647. The number of aliphatic imine (C=N–C) groups is 1. The lowest BCUT2D eigenvalue weighted by Crippen LogP contribution is -2.48. The van der Waals surface area contributed by atoms with Gasteiger partial charge in [-0.25, -0.2) is 4.99 Å². The summed E-state index contributed by atoms with van der Waals surface area (Å²) in [6, 6.07) is 3.64. The molecule has 0 saturated carbocycles. The Kier molecular flexibility index (Phi) is 9.17. The van der Waals surface area contributed by atoms with Gasteiger partial charge in [0.2, 0.25) is 5.91 Å². The average Bonchev–Trinajstić information content (AvgIpc) is 3.01. The predicted octanol–water partition coefficient (Wildman–Crippen LogP) is 2.46. The zero-order chi connectivity index (χ0) is 16.7. The fourth-order valence-electron chi connectivity index (χ4n) is 3.06. The highest BCUT2D eigenvalue weighted by Crippen LogP contribution is 2.20. The molecule has 0 spiro atoms. The topological polar surface area (TPSA) is 69.9 Å². The molecule has 2 unspecified atom stereocenters. The van der Waals surface area contributed by atoms with E-state index in [1.165, 1.54) is 6.42 Å². The van der Waals surface area contributed by atoms with E-state index in [0.717, 1.165) is 31.4 Å². The minimum Gasteiger partial charge on any atom is -0.467 e. The first kappa shape index (κ1) is 20.8. The number of carbonyl (C=O) groups excluding carboxylic acids is 1. The Morgan fingerprint density at radius 3 is 2.62 bits per heavy atom. The second-order valence-electron chi connectivity index (χ2n) is 6.38. The number of carbonyl (C=O) groups is 1. The third-order valence-corrected chi connectivity index (χ3v) is 3.92. The first-order valence-electron chi connectivity index (χ1n) is 8.40. The van der Waals surface area contributed by atoms with Crippen molar-refractivity contribution in [3.05, 3.63) is 24.2 Å². The number of nitrogens with one attached hydrogen (secondary N) is 2. The Bertz CT molecular complexity index is 509. The summed E-state index contributed by atoms with van der Waals surface area (Å²) >= 11 is 0. The summed E-state index contributed by atoms with van der Waals surface area (Å²) in [5.74, 6) is 2.77. The van der Waals surface area contributed by atoms with E-state index < -0.39 is 0 Å². The minimum atomic E-state index is -0.102. The Morgan fingerprint density at radius 1 is 1.33 bits per heavy atom. The Morgan fingerprint density at radius 2 is 2.04 bits per heavy atom. The summed E-state index contributed by atoms with van der Waals surface area (Å²) in [6.45, 7) is 9.88. The molecule has 2 N–H and O–H groups in total. The lowest BCUT2D eigenvalue weighted by atomic mass is 9.92. The van der Waals surface area contributed by atoms with Crippen LogP contribution in [0.3, 0.4) is 0 Å². The van der Waals surface area contributed by atoms with Crippen LogP contribution in [0.2, 0.25) is 0 Å². The number of guanidine groups is 1. The molecule has 0 aromatic carbocycles. The van der Waals surface area contributed by atoms with Crippen LogP contribution in [-0.4, -0.2) is 42.9 Å². The van der Waals surface area contributed by atoms with Crippen LogP contribution in [0.1, 0.15) is 33.0 Å². The van der Waals surface area contributed by atoms with Crippen LogP contribution in [-0.2, 0) is 11.3 Å². The normalized spacial score (nSPS) is 21.1. The van der Waals surface area contributed by atoms with Gasteiger partial charge in [-0.1, -0.05) is 13.8 Å². The van der Waals surface area contributed by atoms with Gasteiger partial charge < -0.3 is 20.0 Å². The summed E-state index contributed by atoms with van der Waals surface area (Å²) in [6.07, 6.45) is 2.85. The number of amides is 1. The number of furan rings is 1. The van der Waals surface area contributed by atoms with E-state index in [1.807, 2.05) is 19.1 Å². The third-order valence-electron chi connectivity index (χ3n) is 3.92. The molecule has 2 heterocycles. The highest BCUT2D eigenvalue weighted by molar-refractivity contribution is 14.0. The molecular weight excluding hydrogens is 419 g/mol. The molecule has 24 heavy (non-hydrogen) atoms. The highest BCUT2D eigenvalue weighted by atomic mass is 127. The molecule has 0 bridgehead atoms. The van der Waals surface area contributed by atoms with E-state index in [-0.39, 0.29) is 36.4 Å².